The van der Waals surface area contributed by atoms with E-state index < -0.39 is 0 Å². The van der Waals surface area contributed by atoms with Gasteiger partial charge in [-0.25, -0.2) is 0 Å². The Bertz CT molecular complexity index is 62.8. The molecule has 0 aromatic heterocycles. The van der Waals surface area contributed by atoms with Crippen molar-refractivity contribution >= 4 is 0 Å². The largest absolute Gasteiger partial charge is 0.395 e. The third-order valence-corrected chi connectivity index (χ3v) is 1.03. The first-order valence-electron chi connectivity index (χ1n) is 3.47. The third kappa shape index (κ3) is 5.97. The van der Waals surface area contributed by atoms with E-state index in [9.17, 15) is 0 Å². The number of aliphatic hydroxyl groups is 1. The molecule has 0 saturated heterocycles. The SMILES string of the molecule is CC(NCCO)OCCN. The zero-order valence-electron chi connectivity index (χ0n) is 6.34. The molecule has 0 rings (SSSR count). The first-order valence-corrected chi connectivity index (χ1v) is 3.47. The van der Waals surface area contributed by atoms with E-state index in [1.54, 1.807) is 0 Å². The van der Waals surface area contributed by atoms with Crippen LogP contribution < -0.4 is 11.1 Å². The minimum atomic E-state index is -0.0179. The standard InChI is InChI=1S/C6H16N2O2/c1-6(8-3-4-9)10-5-2-7/h6,8-9H,2-5,7H2,1H3. The summed E-state index contributed by atoms with van der Waals surface area (Å²) in [6.45, 7) is 3.66. The van der Waals surface area contributed by atoms with E-state index in [0.717, 1.165) is 0 Å². The van der Waals surface area contributed by atoms with Gasteiger partial charge in [0.25, 0.3) is 0 Å². The van der Waals surface area contributed by atoms with Gasteiger partial charge in [-0.2, -0.15) is 0 Å². The lowest BCUT2D eigenvalue weighted by atomic mass is 10.6. The zero-order chi connectivity index (χ0) is 7.82. The maximum Gasteiger partial charge on any atom is 0.105 e. The van der Waals surface area contributed by atoms with E-state index in [0.29, 0.717) is 19.7 Å². The average molecular weight is 148 g/mol. The van der Waals surface area contributed by atoms with Crippen molar-refractivity contribution in [3.63, 3.8) is 0 Å². The molecular weight excluding hydrogens is 132 g/mol. The summed E-state index contributed by atoms with van der Waals surface area (Å²) in [6.07, 6.45) is -0.0179. The maximum atomic E-state index is 8.40. The second-order valence-corrected chi connectivity index (χ2v) is 1.98. The van der Waals surface area contributed by atoms with E-state index >= 15 is 0 Å². The molecular formula is C6H16N2O2. The number of rotatable bonds is 6. The van der Waals surface area contributed by atoms with Gasteiger partial charge in [-0.05, 0) is 6.92 Å². The molecule has 0 aromatic carbocycles. The molecule has 1 unspecified atom stereocenters. The fourth-order valence-corrected chi connectivity index (χ4v) is 0.572. The monoisotopic (exact) mass is 148 g/mol. The van der Waals surface area contributed by atoms with Gasteiger partial charge < -0.3 is 15.6 Å². The van der Waals surface area contributed by atoms with Crippen molar-refractivity contribution in [3.05, 3.63) is 0 Å². The molecule has 4 N–H and O–H groups in total. The highest BCUT2D eigenvalue weighted by atomic mass is 16.5. The molecule has 0 aromatic rings. The number of nitrogens with two attached hydrogens (primary N) is 1. The van der Waals surface area contributed by atoms with E-state index in [2.05, 4.69) is 5.32 Å². The Morgan fingerprint density at radius 1 is 1.70 bits per heavy atom. The van der Waals surface area contributed by atoms with Crippen molar-refractivity contribution in [3.8, 4) is 0 Å². The predicted molar refractivity (Wildman–Crippen MR) is 39.6 cm³/mol. The second-order valence-electron chi connectivity index (χ2n) is 1.98. The number of hydrogen-bond donors (Lipinski definition) is 3. The van der Waals surface area contributed by atoms with Gasteiger partial charge >= 0.3 is 0 Å². The molecule has 0 spiro atoms. The maximum absolute atomic E-state index is 8.40. The smallest absolute Gasteiger partial charge is 0.105 e. The first kappa shape index (κ1) is 9.84. The molecule has 4 nitrogen and oxygen atoms in total. The van der Waals surface area contributed by atoms with E-state index in [-0.39, 0.29) is 12.8 Å². The molecule has 0 bridgehead atoms. The molecule has 0 aliphatic carbocycles. The van der Waals surface area contributed by atoms with Gasteiger partial charge in [0.15, 0.2) is 0 Å². The van der Waals surface area contributed by atoms with Crippen LogP contribution in [0.3, 0.4) is 0 Å². The number of nitrogens with one attached hydrogen (secondary N) is 1. The molecule has 1 atom stereocenters. The van der Waals surface area contributed by atoms with Crippen LogP contribution in [0.4, 0.5) is 0 Å². The highest BCUT2D eigenvalue weighted by Crippen LogP contribution is 1.81. The minimum Gasteiger partial charge on any atom is -0.395 e. The summed E-state index contributed by atoms with van der Waals surface area (Å²) in [5.41, 5.74) is 5.20. The van der Waals surface area contributed by atoms with Crippen LogP contribution in [-0.4, -0.2) is 37.6 Å². The topological polar surface area (TPSA) is 67.5 Å². The fraction of sp³-hybridized carbons (Fsp3) is 1.00. The predicted octanol–water partition coefficient (Wildman–Crippen LogP) is -1.11. The van der Waals surface area contributed by atoms with Crippen LogP contribution in [0.5, 0.6) is 0 Å². The molecule has 0 fully saturated rings. The Labute approximate surface area is 61.4 Å². The van der Waals surface area contributed by atoms with Gasteiger partial charge in [-0.3, -0.25) is 5.32 Å². The Kier molecular flexibility index (Phi) is 6.84. The minimum absolute atomic E-state index is 0.0179. The zero-order valence-corrected chi connectivity index (χ0v) is 6.34. The van der Waals surface area contributed by atoms with Crippen LogP contribution in [0.2, 0.25) is 0 Å². The lowest BCUT2D eigenvalue weighted by Gasteiger charge is -2.12. The lowest BCUT2D eigenvalue weighted by Crippen LogP contribution is -2.32. The van der Waals surface area contributed by atoms with Crippen molar-refractivity contribution in [1.29, 1.82) is 0 Å². The molecule has 0 saturated carbocycles. The number of hydrogen-bond acceptors (Lipinski definition) is 4. The van der Waals surface area contributed by atoms with E-state index in [1.165, 1.54) is 0 Å². The normalized spacial score (nSPS) is 13.5. The molecule has 0 heterocycles. The molecule has 0 radical (unpaired) electrons. The van der Waals surface area contributed by atoms with Crippen LogP contribution >= 0.6 is 0 Å². The Hall–Kier alpha value is -0.160. The fourth-order valence-electron chi connectivity index (χ4n) is 0.572. The summed E-state index contributed by atoms with van der Waals surface area (Å²) in [4.78, 5) is 0. The van der Waals surface area contributed by atoms with Crippen LogP contribution in [0.15, 0.2) is 0 Å². The number of aliphatic hydroxyl groups excluding tert-OH is 1. The van der Waals surface area contributed by atoms with Crippen molar-refractivity contribution in [1.82, 2.24) is 5.32 Å². The summed E-state index contributed by atoms with van der Waals surface area (Å²) in [7, 11) is 0. The molecule has 10 heavy (non-hydrogen) atoms. The van der Waals surface area contributed by atoms with Crippen molar-refractivity contribution in [2.45, 2.75) is 13.2 Å². The lowest BCUT2D eigenvalue weighted by molar-refractivity contribution is 0.0448. The van der Waals surface area contributed by atoms with Crippen molar-refractivity contribution in [2.24, 2.45) is 5.73 Å². The average Bonchev–Trinajstić information content (AvgIpc) is 1.97. The Morgan fingerprint density at radius 3 is 2.90 bits per heavy atom. The van der Waals surface area contributed by atoms with Gasteiger partial charge in [-0.15, -0.1) is 0 Å². The summed E-state index contributed by atoms with van der Waals surface area (Å²) in [6, 6.07) is 0. The quantitative estimate of drug-likeness (QED) is 0.418. The first-order chi connectivity index (χ1) is 4.81. The molecule has 62 valence electrons. The van der Waals surface area contributed by atoms with Gasteiger partial charge in [0.1, 0.15) is 6.23 Å². The van der Waals surface area contributed by atoms with Crippen molar-refractivity contribution in [2.75, 3.05) is 26.3 Å². The summed E-state index contributed by atoms with van der Waals surface area (Å²) >= 11 is 0. The second kappa shape index (κ2) is 6.95. The summed E-state index contributed by atoms with van der Waals surface area (Å²) in [5, 5.41) is 11.3. The van der Waals surface area contributed by atoms with Crippen molar-refractivity contribution < 1.29 is 9.84 Å². The van der Waals surface area contributed by atoms with E-state index in [4.69, 9.17) is 15.6 Å². The highest BCUT2D eigenvalue weighted by Gasteiger charge is 1.96. The molecule has 0 aliphatic heterocycles. The van der Waals surface area contributed by atoms with Gasteiger partial charge in [0, 0.05) is 13.1 Å². The summed E-state index contributed by atoms with van der Waals surface area (Å²) < 4.78 is 5.15. The van der Waals surface area contributed by atoms with Crippen LogP contribution in [0, 0.1) is 0 Å². The third-order valence-electron chi connectivity index (χ3n) is 1.03. The van der Waals surface area contributed by atoms with Crippen LogP contribution in [0.25, 0.3) is 0 Å². The summed E-state index contributed by atoms with van der Waals surface area (Å²) in [5.74, 6) is 0. The molecule has 4 heteroatoms. The van der Waals surface area contributed by atoms with Gasteiger partial charge in [0.2, 0.25) is 0 Å². The van der Waals surface area contributed by atoms with Gasteiger partial charge in [0.05, 0.1) is 13.2 Å². The Morgan fingerprint density at radius 2 is 2.40 bits per heavy atom. The van der Waals surface area contributed by atoms with Gasteiger partial charge in [-0.1, -0.05) is 0 Å². The number of ether oxygens (including phenoxy) is 1. The van der Waals surface area contributed by atoms with Crippen LogP contribution in [0.1, 0.15) is 6.92 Å². The molecule has 0 aliphatic rings. The van der Waals surface area contributed by atoms with E-state index in [1.807, 2.05) is 6.92 Å². The Balaban J connectivity index is 3.00. The van der Waals surface area contributed by atoms with Crippen LogP contribution in [-0.2, 0) is 4.74 Å². The molecule has 0 amide bonds. The highest BCUT2D eigenvalue weighted by molar-refractivity contribution is 4.46.